The van der Waals surface area contributed by atoms with Crippen LogP contribution in [0, 0.1) is 0 Å². The molecule has 0 spiro atoms. The highest BCUT2D eigenvalue weighted by Crippen LogP contribution is 2.11. The molecule has 0 aromatic rings. The molecule has 1 aliphatic rings. The number of amides is 3. The van der Waals surface area contributed by atoms with Crippen LogP contribution in [-0.2, 0) is 19.1 Å². The number of carbonyl (C=O) groups excluding carboxylic acids is 3. The van der Waals surface area contributed by atoms with Crippen LogP contribution in [0.25, 0.3) is 0 Å². The fourth-order valence-corrected chi connectivity index (χ4v) is 1.64. The van der Waals surface area contributed by atoms with Crippen LogP contribution in [-0.4, -0.2) is 48.4 Å². The molecule has 1 saturated heterocycles. The van der Waals surface area contributed by atoms with E-state index in [1.165, 1.54) is 12.0 Å². The first-order chi connectivity index (χ1) is 7.51. The van der Waals surface area contributed by atoms with Crippen LogP contribution in [0.4, 0.5) is 0 Å². The monoisotopic (exact) mass is 228 g/mol. The van der Waals surface area contributed by atoms with Crippen molar-refractivity contribution in [3.8, 4) is 0 Å². The minimum Gasteiger partial charge on any atom is -0.372 e. The van der Waals surface area contributed by atoms with Crippen molar-refractivity contribution >= 4 is 17.7 Å². The SMILES string of the molecule is CCC1C(=O)NC(=O)CN1C(=O)C(C)OC. The summed E-state index contributed by atoms with van der Waals surface area (Å²) < 4.78 is 4.89. The lowest BCUT2D eigenvalue weighted by molar-refractivity contribution is -0.155. The van der Waals surface area contributed by atoms with E-state index in [4.69, 9.17) is 4.74 Å². The van der Waals surface area contributed by atoms with Crippen molar-refractivity contribution in [2.45, 2.75) is 32.4 Å². The predicted molar refractivity (Wildman–Crippen MR) is 55.4 cm³/mol. The maximum Gasteiger partial charge on any atom is 0.252 e. The maximum atomic E-state index is 11.9. The van der Waals surface area contributed by atoms with Gasteiger partial charge >= 0.3 is 0 Å². The molecule has 1 N–H and O–H groups in total. The zero-order chi connectivity index (χ0) is 12.3. The Morgan fingerprint density at radius 3 is 2.75 bits per heavy atom. The number of piperazine rings is 1. The first kappa shape index (κ1) is 12.6. The molecule has 1 aliphatic heterocycles. The Balaban J connectivity index is 2.86. The molecule has 1 fully saturated rings. The smallest absolute Gasteiger partial charge is 0.252 e. The Bertz CT molecular complexity index is 316. The third-order valence-corrected chi connectivity index (χ3v) is 2.63. The van der Waals surface area contributed by atoms with Gasteiger partial charge in [-0.2, -0.15) is 0 Å². The average Bonchev–Trinajstić information content (AvgIpc) is 2.26. The average molecular weight is 228 g/mol. The number of hydrogen-bond donors (Lipinski definition) is 1. The Labute approximate surface area is 93.9 Å². The second-order valence-electron chi connectivity index (χ2n) is 3.68. The normalized spacial score (nSPS) is 22.9. The minimum absolute atomic E-state index is 0.0865. The molecule has 0 saturated carbocycles. The summed E-state index contributed by atoms with van der Waals surface area (Å²) in [5, 5.41) is 2.21. The highest BCUT2D eigenvalue weighted by molar-refractivity contribution is 6.04. The van der Waals surface area contributed by atoms with Gasteiger partial charge < -0.3 is 9.64 Å². The van der Waals surface area contributed by atoms with Gasteiger partial charge in [0.05, 0.1) is 0 Å². The summed E-state index contributed by atoms with van der Waals surface area (Å²) in [7, 11) is 1.41. The van der Waals surface area contributed by atoms with Crippen molar-refractivity contribution in [3.05, 3.63) is 0 Å². The number of rotatable bonds is 3. The number of ether oxygens (including phenoxy) is 1. The lowest BCUT2D eigenvalue weighted by Crippen LogP contribution is -2.61. The second kappa shape index (κ2) is 5.07. The molecule has 0 radical (unpaired) electrons. The lowest BCUT2D eigenvalue weighted by Gasteiger charge is -2.34. The highest BCUT2D eigenvalue weighted by atomic mass is 16.5. The van der Waals surface area contributed by atoms with Gasteiger partial charge in [0.1, 0.15) is 18.7 Å². The van der Waals surface area contributed by atoms with E-state index in [0.717, 1.165) is 0 Å². The molecule has 1 heterocycles. The zero-order valence-electron chi connectivity index (χ0n) is 9.65. The van der Waals surface area contributed by atoms with Crippen molar-refractivity contribution in [1.29, 1.82) is 0 Å². The van der Waals surface area contributed by atoms with Crippen LogP contribution in [0.1, 0.15) is 20.3 Å². The summed E-state index contributed by atoms with van der Waals surface area (Å²) in [6.45, 7) is 3.29. The van der Waals surface area contributed by atoms with Crippen molar-refractivity contribution in [3.63, 3.8) is 0 Å². The standard InChI is InChI=1S/C10H16N2O4/c1-4-7-9(14)11-8(13)5-12(7)10(15)6(2)16-3/h6-7H,4-5H2,1-3H3,(H,11,13,14). The molecule has 90 valence electrons. The third kappa shape index (κ3) is 2.38. The van der Waals surface area contributed by atoms with E-state index in [1.807, 2.05) is 0 Å². The zero-order valence-corrected chi connectivity index (χ0v) is 9.65. The lowest BCUT2D eigenvalue weighted by atomic mass is 10.1. The first-order valence-electron chi connectivity index (χ1n) is 5.18. The number of nitrogens with one attached hydrogen (secondary N) is 1. The van der Waals surface area contributed by atoms with Gasteiger partial charge in [0.25, 0.3) is 5.91 Å². The Hall–Kier alpha value is -1.43. The summed E-state index contributed by atoms with van der Waals surface area (Å²) in [4.78, 5) is 35.8. The van der Waals surface area contributed by atoms with Gasteiger partial charge in [0.2, 0.25) is 11.8 Å². The summed E-state index contributed by atoms with van der Waals surface area (Å²) in [6, 6.07) is -0.581. The largest absolute Gasteiger partial charge is 0.372 e. The molecule has 0 bridgehead atoms. The van der Waals surface area contributed by atoms with E-state index in [2.05, 4.69) is 5.32 Å². The molecule has 0 aliphatic carbocycles. The van der Waals surface area contributed by atoms with Crippen LogP contribution >= 0.6 is 0 Å². The summed E-state index contributed by atoms with van der Waals surface area (Å²) >= 11 is 0. The number of imide groups is 1. The van der Waals surface area contributed by atoms with Crippen LogP contribution in [0.15, 0.2) is 0 Å². The summed E-state index contributed by atoms with van der Waals surface area (Å²) in [5.41, 5.74) is 0. The van der Waals surface area contributed by atoms with Gasteiger partial charge in [-0.25, -0.2) is 0 Å². The molecular formula is C10H16N2O4. The van der Waals surface area contributed by atoms with Crippen molar-refractivity contribution in [2.24, 2.45) is 0 Å². The molecule has 0 aromatic heterocycles. The fraction of sp³-hybridized carbons (Fsp3) is 0.700. The van der Waals surface area contributed by atoms with Crippen LogP contribution in [0.3, 0.4) is 0 Å². The highest BCUT2D eigenvalue weighted by Gasteiger charge is 2.37. The van der Waals surface area contributed by atoms with Crippen LogP contribution in [0.2, 0.25) is 0 Å². The molecule has 1 rings (SSSR count). The number of nitrogens with zero attached hydrogens (tertiary/aromatic N) is 1. The number of carbonyl (C=O) groups is 3. The molecule has 6 heteroatoms. The Kier molecular flexibility index (Phi) is 4.00. The fourth-order valence-electron chi connectivity index (χ4n) is 1.64. The minimum atomic E-state index is -0.646. The van der Waals surface area contributed by atoms with Crippen LogP contribution in [0.5, 0.6) is 0 Å². The van der Waals surface area contributed by atoms with Gasteiger partial charge in [-0.3, -0.25) is 19.7 Å². The van der Waals surface area contributed by atoms with Crippen LogP contribution < -0.4 is 5.32 Å². The number of hydrogen-bond acceptors (Lipinski definition) is 4. The summed E-state index contributed by atoms with van der Waals surface area (Å²) in [5.74, 6) is -1.21. The van der Waals surface area contributed by atoms with E-state index in [0.29, 0.717) is 6.42 Å². The maximum absolute atomic E-state index is 11.9. The Morgan fingerprint density at radius 1 is 1.62 bits per heavy atom. The van der Waals surface area contributed by atoms with E-state index in [9.17, 15) is 14.4 Å². The first-order valence-corrected chi connectivity index (χ1v) is 5.18. The second-order valence-corrected chi connectivity index (χ2v) is 3.68. The van der Waals surface area contributed by atoms with Gasteiger partial charge in [-0.1, -0.05) is 6.92 Å². The quantitative estimate of drug-likeness (QED) is 0.647. The van der Waals surface area contributed by atoms with E-state index < -0.39 is 24.0 Å². The van der Waals surface area contributed by atoms with Crippen molar-refractivity contribution in [1.82, 2.24) is 10.2 Å². The van der Waals surface area contributed by atoms with E-state index >= 15 is 0 Å². The molecule has 6 nitrogen and oxygen atoms in total. The third-order valence-electron chi connectivity index (χ3n) is 2.63. The van der Waals surface area contributed by atoms with Gasteiger partial charge in [0, 0.05) is 7.11 Å². The van der Waals surface area contributed by atoms with E-state index in [-0.39, 0.29) is 12.5 Å². The molecule has 2 atom stereocenters. The van der Waals surface area contributed by atoms with E-state index in [1.54, 1.807) is 13.8 Å². The van der Waals surface area contributed by atoms with Gasteiger partial charge in [-0.15, -0.1) is 0 Å². The Morgan fingerprint density at radius 2 is 2.25 bits per heavy atom. The number of methoxy groups -OCH3 is 1. The molecule has 16 heavy (non-hydrogen) atoms. The van der Waals surface area contributed by atoms with Gasteiger partial charge in [0.15, 0.2) is 0 Å². The van der Waals surface area contributed by atoms with Gasteiger partial charge in [-0.05, 0) is 13.3 Å². The topological polar surface area (TPSA) is 75.7 Å². The summed E-state index contributed by atoms with van der Waals surface area (Å²) in [6.07, 6.45) is -0.172. The predicted octanol–water partition coefficient (Wildman–Crippen LogP) is -0.715. The molecule has 0 aromatic carbocycles. The molecule has 2 unspecified atom stereocenters. The van der Waals surface area contributed by atoms with Crippen molar-refractivity contribution in [2.75, 3.05) is 13.7 Å². The molecular weight excluding hydrogens is 212 g/mol. The molecule has 3 amide bonds. The van der Waals surface area contributed by atoms with Crippen molar-refractivity contribution < 1.29 is 19.1 Å².